The zero-order chi connectivity index (χ0) is 11.0. The average Bonchev–Trinajstić information content (AvgIpc) is 3.20. The molecule has 0 spiro atoms. The Morgan fingerprint density at radius 3 is 2.50 bits per heavy atom. The van der Waals surface area contributed by atoms with Gasteiger partial charge in [0.15, 0.2) is 5.17 Å². The van der Waals surface area contributed by atoms with Crippen LogP contribution in [0.5, 0.6) is 0 Å². The van der Waals surface area contributed by atoms with Crippen LogP contribution in [0.2, 0.25) is 0 Å². The second kappa shape index (κ2) is 4.59. The molecule has 0 amide bonds. The van der Waals surface area contributed by atoms with Gasteiger partial charge in [0.05, 0.1) is 0 Å². The van der Waals surface area contributed by atoms with Crippen molar-refractivity contribution in [2.45, 2.75) is 45.1 Å². The molecule has 1 atom stereocenters. The number of thioether (sulfide) groups is 1. The largest absolute Gasteiger partial charge is 0.361 e. The molecule has 1 N–H and O–H groups in total. The van der Waals surface area contributed by atoms with Crippen molar-refractivity contribution in [2.24, 2.45) is 22.7 Å². The fraction of sp³-hybridized carbons (Fsp3) is 0.923. The molecule has 1 heterocycles. The monoisotopic (exact) mass is 238 g/mol. The molecule has 2 nitrogen and oxygen atoms in total. The molecule has 2 saturated carbocycles. The molecular weight excluding hydrogens is 216 g/mol. The minimum atomic E-state index is 0.670. The molecule has 0 aromatic carbocycles. The number of aliphatic imine (C=N–C) groups is 1. The lowest BCUT2D eigenvalue weighted by Crippen LogP contribution is -2.26. The zero-order valence-corrected chi connectivity index (χ0v) is 10.9. The van der Waals surface area contributed by atoms with E-state index in [1.165, 1.54) is 43.0 Å². The third kappa shape index (κ3) is 2.55. The molecule has 3 rings (SSSR count). The van der Waals surface area contributed by atoms with E-state index in [-0.39, 0.29) is 0 Å². The van der Waals surface area contributed by atoms with E-state index in [2.05, 4.69) is 12.2 Å². The van der Waals surface area contributed by atoms with E-state index < -0.39 is 0 Å². The van der Waals surface area contributed by atoms with Crippen molar-refractivity contribution in [1.29, 1.82) is 0 Å². The Morgan fingerprint density at radius 1 is 1.31 bits per heavy atom. The Balaban J connectivity index is 1.52. The van der Waals surface area contributed by atoms with Crippen LogP contribution in [0.1, 0.15) is 39.0 Å². The van der Waals surface area contributed by atoms with E-state index in [4.69, 9.17) is 4.99 Å². The van der Waals surface area contributed by atoms with Crippen LogP contribution in [0.4, 0.5) is 0 Å². The van der Waals surface area contributed by atoms with E-state index in [0.717, 1.165) is 24.3 Å². The molecule has 90 valence electrons. The summed E-state index contributed by atoms with van der Waals surface area (Å²) in [6.07, 6.45) is 7.13. The van der Waals surface area contributed by atoms with Crippen molar-refractivity contribution < 1.29 is 0 Å². The summed E-state index contributed by atoms with van der Waals surface area (Å²) in [6, 6.07) is 0.670. The average molecular weight is 238 g/mol. The third-order valence-corrected chi connectivity index (χ3v) is 5.23. The molecule has 3 aliphatic rings. The van der Waals surface area contributed by atoms with Gasteiger partial charge in [0.2, 0.25) is 0 Å². The van der Waals surface area contributed by atoms with Crippen LogP contribution < -0.4 is 5.32 Å². The van der Waals surface area contributed by atoms with Gasteiger partial charge in [-0.2, -0.15) is 0 Å². The van der Waals surface area contributed by atoms with Crippen LogP contribution in [0, 0.1) is 17.8 Å². The van der Waals surface area contributed by atoms with Crippen LogP contribution in [-0.2, 0) is 0 Å². The quantitative estimate of drug-likeness (QED) is 0.796. The smallest absolute Gasteiger partial charge is 0.156 e. The Bertz CT molecular complexity index is 270. The lowest BCUT2D eigenvalue weighted by atomic mass is 9.98. The summed E-state index contributed by atoms with van der Waals surface area (Å²) >= 11 is 1.92. The highest BCUT2D eigenvalue weighted by molar-refractivity contribution is 8.14. The Hall–Kier alpha value is -0.180. The van der Waals surface area contributed by atoms with Gasteiger partial charge >= 0.3 is 0 Å². The van der Waals surface area contributed by atoms with Crippen molar-refractivity contribution in [3.05, 3.63) is 0 Å². The second-order valence-corrected chi connectivity index (χ2v) is 6.55. The van der Waals surface area contributed by atoms with Crippen molar-refractivity contribution >= 4 is 16.9 Å². The highest BCUT2D eigenvalue weighted by Gasteiger charge is 2.41. The van der Waals surface area contributed by atoms with Crippen molar-refractivity contribution in [3.8, 4) is 0 Å². The van der Waals surface area contributed by atoms with Crippen LogP contribution in [0.15, 0.2) is 4.99 Å². The maximum Gasteiger partial charge on any atom is 0.156 e. The van der Waals surface area contributed by atoms with E-state index in [9.17, 15) is 0 Å². The van der Waals surface area contributed by atoms with Crippen LogP contribution in [0.3, 0.4) is 0 Å². The van der Waals surface area contributed by atoms with Crippen molar-refractivity contribution in [1.82, 2.24) is 5.32 Å². The molecule has 1 saturated heterocycles. The van der Waals surface area contributed by atoms with Gasteiger partial charge in [0.25, 0.3) is 0 Å². The second-order valence-electron chi connectivity index (χ2n) is 5.55. The van der Waals surface area contributed by atoms with E-state index in [0.29, 0.717) is 6.04 Å². The molecule has 1 unspecified atom stereocenters. The van der Waals surface area contributed by atoms with Crippen molar-refractivity contribution in [2.75, 3.05) is 12.3 Å². The van der Waals surface area contributed by atoms with Crippen molar-refractivity contribution in [3.63, 3.8) is 0 Å². The summed E-state index contributed by atoms with van der Waals surface area (Å²) in [7, 11) is 0. The lowest BCUT2D eigenvalue weighted by Gasteiger charge is -2.12. The maximum absolute atomic E-state index is 4.81. The SMILES string of the molecule is CCC1CSC(=NCC(C2CC2)C2CC2)N1. The van der Waals surface area contributed by atoms with Gasteiger partial charge in [-0.15, -0.1) is 0 Å². The van der Waals surface area contributed by atoms with Gasteiger partial charge in [-0.3, -0.25) is 4.99 Å². The predicted molar refractivity (Wildman–Crippen MR) is 70.9 cm³/mol. The summed E-state index contributed by atoms with van der Waals surface area (Å²) in [5, 5.41) is 4.75. The highest BCUT2D eigenvalue weighted by Crippen LogP contribution is 2.49. The predicted octanol–water partition coefficient (Wildman–Crippen LogP) is 2.89. The molecule has 0 aromatic heterocycles. The van der Waals surface area contributed by atoms with E-state index >= 15 is 0 Å². The molecule has 0 bridgehead atoms. The minimum Gasteiger partial charge on any atom is -0.361 e. The molecule has 3 fully saturated rings. The number of hydrogen-bond acceptors (Lipinski definition) is 2. The molecule has 16 heavy (non-hydrogen) atoms. The fourth-order valence-electron chi connectivity index (χ4n) is 2.67. The Labute approximate surface area is 103 Å². The topological polar surface area (TPSA) is 24.4 Å². The molecule has 2 aliphatic carbocycles. The molecule has 1 aliphatic heterocycles. The van der Waals surface area contributed by atoms with E-state index in [1.807, 2.05) is 11.8 Å². The third-order valence-electron chi connectivity index (χ3n) is 4.14. The molecule has 0 radical (unpaired) electrons. The fourth-order valence-corrected chi connectivity index (χ4v) is 3.76. The summed E-state index contributed by atoms with van der Waals surface area (Å²) in [6.45, 7) is 3.35. The molecular formula is C13H22N2S. The first kappa shape index (κ1) is 10.9. The van der Waals surface area contributed by atoms with Gasteiger partial charge < -0.3 is 5.32 Å². The molecule has 0 aromatic rings. The molecule has 3 heteroatoms. The first-order valence-electron chi connectivity index (χ1n) is 6.80. The first-order valence-corrected chi connectivity index (χ1v) is 7.79. The van der Waals surface area contributed by atoms with Crippen LogP contribution in [0.25, 0.3) is 0 Å². The van der Waals surface area contributed by atoms with Gasteiger partial charge in [-0.1, -0.05) is 18.7 Å². The minimum absolute atomic E-state index is 0.670. The van der Waals surface area contributed by atoms with E-state index in [1.54, 1.807) is 0 Å². The number of nitrogens with one attached hydrogen (secondary N) is 1. The lowest BCUT2D eigenvalue weighted by molar-refractivity contribution is 0.418. The highest BCUT2D eigenvalue weighted by atomic mass is 32.2. The summed E-state index contributed by atoms with van der Waals surface area (Å²) in [5.74, 6) is 4.21. The summed E-state index contributed by atoms with van der Waals surface area (Å²) < 4.78 is 0. The normalized spacial score (nSPS) is 32.4. The number of amidine groups is 1. The number of nitrogens with zero attached hydrogens (tertiary/aromatic N) is 1. The van der Waals surface area contributed by atoms with Gasteiger partial charge in [-0.05, 0) is 49.9 Å². The number of hydrogen-bond donors (Lipinski definition) is 1. The van der Waals surface area contributed by atoms with Crippen LogP contribution >= 0.6 is 11.8 Å². The number of rotatable bonds is 5. The Kier molecular flexibility index (Phi) is 3.14. The first-order chi connectivity index (χ1) is 7.86. The van der Waals surface area contributed by atoms with Crippen LogP contribution in [-0.4, -0.2) is 23.5 Å². The summed E-state index contributed by atoms with van der Waals surface area (Å²) in [5.41, 5.74) is 0. The van der Waals surface area contributed by atoms with Gasteiger partial charge in [0, 0.05) is 18.3 Å². The summed E-state index contributed by atoms with van der Waals surface area (Å²) in [4.78, 5) is 4.81. The maximum atomic E-state index is 4.81. The Morgan fingerprint density at radius 2 is 2.00 bits per heavy atom. The van der Waals surface area contributed by atoms with Gasteiger partial charge in [-0.25, -0.2) is 0 Å². The zero-order valence-electron chi connectivity index (χ0n) is 10.1. The standard InChI is InChI=1S/C13H22N2S/c1-2-11-8-16-13(15-11)14-7-12(9-3-4-9)10-5-6-10/h9-12H,2-8H2,1H3,(H,14,15). The van der Waals surface area contributed by atoms with Gasteiger partial charge in [0.1, 0.15) is 0 Å².